The maximum atomic E-state index is 12.6. The van der Waals surface area contributed by atoms with E-state index in [0.29, 0.717) is 31.0 Å². The second-order valence-corrected chi connectivity index (χ2v) is 4.32. The summed E-state index contributed by atoms with van der Waals surface area (Å²) in [7, 11) is 0. The van der Waals surface area contributed by atoms with Crippen LogP contribution in [0.15, 0.2) is 36.3 Å². The van der Waals surface area contributed by atoms with Gasteiger partial charge in [-0.1, -0.05) is 12.1 Å². The Morgan fingerprint density at radius 2 is 2.00 bits per heavy atom. The van der Waals surface area contributed by atoms with Crippen molar-refractivity contribution in [1.29, 1.82) is 0 Å². The van der Waals surface area contributed by atoms with Gasteiger partial charge in [-0.05, 0) is 18.6 Å². The van der Waals surface area contributed by atoms with E-state index >= 15 is 0 Å². The van der Waals surface area contributed by atoms with Crippen molar-refractivity contribution in [3.8, 4) is 5.75 Å². The minimum Gasteiger partial charge on any atom is -0.491 e. The molecule has 0 aromatic heterocycles. The summed E-state index contributed by atoms with van der Waals surface area (Å²) in [5, 5.41) is 0. The van der Waals surface area contributed by atoms with Crippen LogP contribution in [0, 0.1) is 0 Å². The van der Waals surface area contributed by atoms with Crippen LogP contribution < -0.4 is 61.0 Å². The molecular formula is C12H14BF3KNO. The van der Waals surface area contributed by atoms with Crippen molar-refractivity contribution in [3.05, 3.63) is 36.3 Å². The molecule has 1 aliphatic heterocycles. The fraction of sp³-hybridized carbons (Fsp3) is 0.333. The Hall–Kier alpha value is 0.0513. The number of para-hydroxylation sites is 2. The number of nitrogens with zero attached hydrogens (tertiary/aromatic N) is 1. The van der Waals surface area contributed by atoms with E-state index in [2.05, 4.69) is 6.58 Å². The molecule has 98 valence electrons. The molecule has 7 heteroatoms. The number of fused-ring (bicyclic) bond motifs is 1. The van der Waals surface area contributed by atoms with E-state index in [1.54, 1.807) is 23.1 Å². The number of anilines is 1. The summed E-state index contributed by atoms with van der Waals surface area (Å²) in [6.07, 6.45) is 0.701. The molecule has 0 unspecified atom stereocenters. The van der Waals surface area contributed by atoms with Gasteiger partial charge in [0.05, 0.1) is 12.3 Å². The molecule has 0 aliphatic carbocycles. The first-order chi connectivity index (χ1) is 8.48. The minimum atomic E-state index is -4.98. The number of hydrogen-bond acceptors (Lipinski definition) is 2. The molecule has 0 N–H and O–H groups in total. The first kappa shape index (κ1) is 17.1. The molecule has 0 spiro atoms. The van der Waals surface area contributed by atoms with Crippen LogP contribution >= 0.6 is 0 Å². The molecule has 19 heavy (non-hydrogen) atoms. The second kappa shape index (κ2) is 7.17. The summed E-state index contributed by atoms with van der Waals surface area (Å²) in [4.78, 5) is 1.68. The Bertz CT molecular complexity index is 453. The molecule has 1 aromatic carbocycles. The average Bonchev–Trinajstić information content (AvgIpc) is 2.51. The number of rotatable bonds is 3. The minimum absolute atomic E-state index is 0. The van der Waals surface area contributed by atoms with E-state index < -0.39 is 12.4 Å². The van der Waals surface area contributed by atoms with Crippen LogP contribution in [0.25, 0.3) is 0 Å². The molecule has 1 aromatic rings. The summed E-state index contributed by atoms with van der Waals surface area (Å²) in [5.41, 5.74) is 0.0305. The van der Waals surface area contributed by atoms with Crippen LogP contribution in [-0.4, -0.2) is 26.7 Å². The van der Waals surface area contributed by atoms with Gasteiger partial charge in [0.25, 0.3) is 0 Å². The molecule has 0 saturated heterocycles. The third-order valence-corrected chi connectivity index (χ3v) is 2.89. The van der Waals surface area contributed by atoms with Crippen molar-refractivity contribution in [2.75, 3.05) is 24.6 Å². The van der Waals surface area contributed by atoms with Gasteiger partial charge in [-0.2, -0.15) is 0 Å². The Balaban J connectivity index is 0.00000180. The van der Waals surface area contributed by atoms with Crippen LogP contribution in [0.3, 0.4) is 0 Å². The fourth-order valence-corrected chi connectivity index (χ4v) is 1.91. The Labute approximate surface area is 153 Å². The molecule has 0 bridgehead atoms. The zero-order valence-electron chi connectivity index (χ0n) is 10.9. The van der Waals surface area contributed by atoms with Gasteiger partial charge in [-0.25, -0.2) is 0 Å². The first-order valence-corrected chi connectivity index (χ1v) is 5.83. The number of benzene rings is 1. The molecule has 0 atom stereocenters. The van der Waals surface area contributed by atoms with Crippen LogP contribution in [0.2, 0.25) is 0 Å². The zero-order valence-corrected chi connectivity index (χ0v) is 14.0. The van der Waals surface area contributed by atoms with E-state index in [-0.39, 0.29) is 57.9 Å². The van der Waals surface area contributed by atoms with E-state index in [1.165, 1.54) is 0 Å². The van der Waals surface area contributed by atoms with Gasteiger partial charge in [-0.3, -0.25) is 0 Å². The SMILES string of the molecule is C=C(CN1CCCOc2ccccc21)[B-](F)(F)F.[K+]. The quantitative estimate of drug-likeness (QED) is 0.740. The first-order valence-electron chi connectivity index (χ1n) is 5.83. The molecule has 1 aliphatic rings. The largest absolute Gasteiger partial charge is 1.00 e. The fourth-order valence-electron chi connectivity index (χ4n) is 1.91. The van der Waals surface area contributed by atoms with E-state index in [4.69, 9.17) is 4.74 Å². The Morgan fingerprint density at radius 3 is 2.68 bits per heavy atom. The third-order valence-electron chi connectivity index (χ3n) is 2.89. The third kappa shape index (κ3) is 4.53. The predicted octanol–water partition coefficient (Wildman–Crippen LogP) is 0.222. The predicted molar refractivity (Wildman–Crippen MR) is 67.0 cm³/mol. The smallest absolute Gasteiger partial charge is 0.491 e. The molecule has 2 nitrogen and oxygen atoms in total. The van der Waals surface area contributed by atoms with Crippen LogP contribution in [0.4, 0.5) is 18.6 Å². The molecule has 0 fully saturated rings. The average molecular weight is 295 g/mol. The van der Waals surface area contributed by atoms with Gasteiger partial charge in [0.1, 0.15) is 5.75 Å². The maximum Gasteiger partial charge on any atom is 1.00 e. The second-order valence-electron chi connectivity index (χ2n) is 4.32. The van der Waals surface area contributed by atoms with Crippen molar-refractivity contribution >= 4 is 12.7 Å². The van der Waals surface area contributed by atoms with Crippen molar-refractivity contribution in [3.63, 3.8) is 0 Å². The molecule has 2 rings (SSSR count). The number of halogens is 3. The summed E-state index contributed by atoms with van der Waals surface area (Å²) >= 11 is 0. The summed E-state index contributed by atoms with van der Waals surface area (Å²) in [5.74, 6) is 0.637. The van der Waals surface area contributed by atoms with E-state index in [0.717, 1.165) is 0 Å². The van der Waals surface area contributed by atoms with Gasteiger partial charge in [0, 0.05) is 13.1 Å². The van der Waals surface area contributed by atoms with Crippen molar-refractivity contribution in [2.45, 2.75) is 6.42 Å². The van der Waals surface area contributed by atoms with Crippen molar-refractivity contribution in [2.24, 2.45) is 0 Å². The van der Waals surface area contributed by atoms with Gasteiger partial charge < -0.3 is 22.6 Å². The Kier molecular flexibility index (Phi) is 6.46. The topological polar surface area (TPSA) is 12.5 Å². The van der Waals surface area contributed by atoms with E-state index in [9.17, 15) is 12.9 Å². The zero-order chi connectivity index (χ0) is 13.2. The standard InChI is InChI=1S/C12H14BF3NO.K/c1-10(13(14,15)16)9-17-7-4-8-18-12-6-3-2-5-11(12)17;/h2-3,5-6H,1,4,7-9H2;/q-1;+1. The van der Waals surface area contributed by atoms with Crippen molar-refractivity contribution < 1.29 is 69.1 Å². The molecule has 1 heterocycles. The van der Waals surface area contributed by atoms with Crippen LogP contribution in [0.1, 0.15) is 6.42 Å². The number of hydrogen-bond donors (Lipinski definition) is 0. The molecule has 0 radical (unpaired) electrons. The molecule has 0 saturated carbocycles. The van der Waals surface area contributed by atoms with Gasteiger partial charge in [-0.15, -0.1) is 12.1 Å². The summed E-state index contributed by atoms with van der Waals surface area (Å²) in [6, 6.07) is 7.15. The van der Waals surface area contributed by atoms with Gasteiger partial charge >= 0.3 is 58.4 Å². The summed E-state index contributed by atoms with van der Waals surface area (Å²) in [6.45, 7) is -0.959. The van der Waals surface area contributed by atoms with Crippen LogP contribution in [0.5, 0.6) is 5.75 Å². The van der Waals surface area contributed by atoms with Crippen molar-refractivity contribution in [1.82, 2.24) is 0 Å². The normalized spacial score (nSPS) is 14.8. The monoisotopic (exact) mass is 295 g/mol. The molecular weight excluding hydrogens is 281 g/mol. The summed E-state index contributed by atoms with van der Waals surface area (Å²) < 4.78 is 43.3. The van der Waals surface area contributed by atoms with Gasteiger partial charge in [0.2, 0.25) is 0 Å². The van der Waals surface area contributed by atoms with Crippen LogP contribution in [-0.2, 0) is 0 Å². The Morgan fingerprint density at radius 1 is 1.32 bits per heavy atom. The number of ether oxygens (including phenoxy) is 1. The maximum absolute atomic E-state index is 12.6. The van der Waals surface area contributed by atoms with Gasteiger partial charge in [0.15, 0.2) is 0 Å². The molecule has 0 amide bonds. The van der Waals surface area contributed by atoms with E-state index in [1.807, 2.05) is 6.07 Å².